The lowest BCUT2D eigenvalue weighted by Gasteiger charge is -2.17. The summed E-state index contributed by atoms with van der Waals surface area (Å²) in [6.07, 6.45) is 0. The number of ether oxygens (including phenoxy) is 1. The van der Waals surface area contributed by atoms with Gasteiger partial charge in [0.2, 0.25) is 0 Å². The molecule has 0 saturated heterocycles. The van der Waals surface area contributed by atoms with E-state index in [9.17, 15) is 9.90 Å². The number of rotatable bonds is 4. The maximum Gasteiger partial charge on any atom is 0.254 e. The van der Waals surface area contributed by atoms with Crippen LogP contribution in [0.15, 0.2) is 29.6 Å². The maximum atomic E-state index is 12.2. The average Bonchev–Trinajstić information content (AvgIpc) is 2.86. The lowest BCUT2D eigenvalue weighted by atomic mass is 10.2. The summed E-state index contributed by atoms with van der Waals surface area (Å²) in [4.78, 5) is 13.9. The Hall–Kier alpha value is -1.28. The molecule has 0 bridgehead atoms. The third-order valence-electron chi connectivity index (χ3n) is 2.82. The molecule has 4 nitrogen and oxygen atoms in total. The van der Waals surface area contributed by atoms with Gasteiger partial charge >= 0.3 is 0 Å². The molecule has 0 atom stereocenters. The normalized spacial score (nSPS) is 10.3. The van der Waals surface area contributed by atoms with Gasteiger partial charge in [0.05, 0.1) is 15.6 Å². The molecule has 1 amide bonds. The molecule has 0 spiro atoms. The fraction of sp³-hybridized carbons (Fsp3) is 0.214. The van der Waals surface area contributed by atoms with Crippen LogP contribution in [-0.4, -0.2) is 30.1 Å². The molecule has 6 heteroatoms. The Kier molecular flexibility index (Phi) is 4.87. The van der Waals surface area contributed by atoms with E-state index in [1.807, 2.05) is 11.4 Å². The highest BCUT2D eigenvalue weighted by atomic mass is 127. The summed E-state index contributed by atoms with van der Waals surface area (Å²) in [6.45, 7) is 0.460. The van der Waals surface area contributed by atoms with Gasteiger partial charge < -0.3 is 14.7 Å². The van der Waals surface area contributed by atoms with Crippen LogP contribution < -0.4 is 4.74 Å². The number of hydrogen-bond acceptors (Lipinski definition) is 4. The highest BCUT2D eigenvalue weighted by molar-refractivity contribution is 14.1. The molecule has 20 heavy (non-hydrogen) atoms. The smallest absolute Gasteiger partial charge is 0.254 e. The molecule has 0 aliphatic rings. The number of thiophene rings is 1. The van der Waals surface area contributed by atoms with E-state index in [1.165, 1.54) is 7.11 Å². The van der Waals surface area contributed by atoms with Crippen LogP contribution in [-0.2, 0) is 6.54 Å². The first-order valence-corrected chi connectivity index (χ1v) is 7.82. The summed E-state index contributed by atoms with van der Waals surface area (Å²) < 4.78 is 6.15. The number of benzene rings is 1. The molecule has 1 aromatic carbocycles. The van der Waals surface area contributed by atoms with Gasteiger partial charge in [0.1, 0.15) is 0 Å². The number of halogens is 1. The predicted molar refractivity (Wildman–Crippen MR) is 87.5 cm³/mol. The molecule has 0 radical (unpaired) electrons. The highest BCUT2D eigenvalue weighted by Gasteiger charge is 2.14. The van der Waals surface area contributed by atoms with Crippen LogP contribution in [0.4, 0.5) is 0 Å². The summed E-state index contributed by atoms with van der Waals surface area (Å²) in [5.41, 5.74) is 1.60. The van der Waals surface area contributed by atoms with Crippen molar-refractivity contribution in [2.24, 2.45) is 0 Å². The molecule has 0 saturated carbocycles. The second kappa shape index (κ2) is 6.45. The highest BCUT2D eigenvalue weighted by Crippen LogP contribution is 2.27. The lowest BCUT2D eigenvalue weighted by Crippen LogP contribution is -2.25. The van der Waals surface area contributed by atoms with Gasteiger partial charge in [0.25, 0.3) is 5.91 Å². The Morgan fingerprint density at radius 2 is 2.20 bits per heavy atom. The zero-order valence-electron chi connectivity index (χ0n) is 11.1. The van der Waals surface area contributed by atoms with E-state index in [4.69, 9.17) is 4.74 Å². The van der Waals surface area contributed by atoms with Crippen molar-refractivity contribution in [3.8, 4) is 11.5 Å². The number of methoxy groups -OCH3 is 1. The number of carbonyl (C=O) groups excluding carboxylic acids is 1. The quantitative estimate of drug-likeness (QED) is 0.797. The summed E-state index contributed by atoms with van der Waals surface area (Å²) >= 11 is 3.75. The standard InChI is InChI=1S/C14H14INO3S/c1-16(14(18)10-6-13(15)20-8-10)7-9-3-4-11(17)12(5-9)19-2/h3-6,8,17H,7H2,1-2H3. The molecule has 106 valence electrons. The first kappa shape index (κ1) is 15.1. The molecule has 0 aliphatic carbocycles. The molecule has 0 unspecified atom stereocenters. The summed E-state index contributed by atoms with van der Waals surface area (Å²) in [7, 11) is 3.26. The molecular weight excluding hydrogens is 389 g/mol. The third kappa shape index (κ3) is 3.43. The maximum absolute atomic E-state index is 12.2. The van der Waals surface area contributed by atoms with Gasteiger partial charge in [0, 0.05) is 19.0 Å². The average molecular weight is 403 g/mol. The summed E-state index contributed by atoms with van der Waals surface area (Å²) in [6, 6.07) is 6.96. The molecule has 0 aliphatic heterocycles. The van der Waals surface area contributed by atoms with Gasteiger partial charge in [-0.15, -0.1) is 11.3 Å². The van der Waals surface area contributed by atoms with E-state index < -0.39 is 0 Å². The van der Waals surface area contributed by atoms with Gasteiger partial charge in [-0.25, -0.2) is 0 Å². The van der Waals surface area contributed by atoms with E-state index in [0.717, 1.165) is 8.45 Å². The Labute approximate surface area is 135 Å². The number of aromatic hydroxyl groups is 1. The van der Waals surface area contributed by atoms with Crippen molar-refractivity contribution in [2.45, 2.75) is 6.54 Å². The minimum Gasteiger partial charge on any atom is -0.504 e. The molecule has 1 aromatic heterocycles. The largest absolute Gasteiger partial charge is 0.504 e. The van der Waals surface area contributed by atoms with Crippen LogP contribution in [0.25, 0.3) is 0 Å². The first-order valence-electron chi connectivity index (χ1n) is 5.86. The number of phenols is 1. The van der Waals surface area contributed by atoms with Gasteiger partial charge in [0.15, 0.2) is 11.5 Å². The summed E-state index contributed by atoms with van der Waals surface area (Å²) in [5.74, 6) is 0.488. The number of nitrogens with zero attached hydrogens (tertiary/aromatic N) is 1. The van der Waals surface area contributed by atoms with Gasteiger partial charge in [-0.05, 0) is 46.4 Å². The number of amides is 1. The predicted octanol–water partition coefficient (Wildman–Crippen LogP) is 3.34. The van der Waals surface area contributed by atoms with Crippen molar-refractivity contribution in [3.05, 3.63) is 43.7 Å². The van der Waals surface area contributed by atoms with Crippen molar-refractivity contribution in [3.63, 3.8) is 0 Å². The molecular formula is C14H14INO3S. The van der Waals surface area contributed by atoms with E-state index >= 15 is 0 Å². The zero-order chi connectivity index (χ0) is 14.7. The number of phenolic OH excluding ortho intramolecular Hbond substituents is 1. The van der Waals surface area contributed by atoms with Crippen LogP contribution in [0.5, 0.6) is 11.5 Å². The van der Waals surface area contributed by atoms with Crippen LogP contribution >= 0.6 is 33.9 Å². The minimum atomic E-state index is -0.0174. The number of carbonyl (C=O) groups is 1. The van der Waals surface area contributed by atoms with Crippen molar-refractivity contribution < 1.29 is 14.6 Å². The van der Waals surface area contributed by atoms with Crippen molar-refractivity contribution in [2.75, 3.05) is 14.2 Å². The fourth-order valence-corrected chi connectivity index (χ4v) is 3.13. The van der Waals surface area contributed by atoms with Gasteiger partial charge in [-0.3, -0.25) is 4.79 Å². The van der Waals surface area contributed by atoms with Gasteiger partial charge in [-0.2, -0.15) is 0 Å². The number of hydrogen-bond donors (Lipinski definition) is 1. The Bertz CT molecular complexity index is 627. The topological polar surface area (TPSA) is 49.8 Å². The van der Waals surface area contributed by atoms with E-state index in [1.54, 1.807) is 41.5 Å². The van der Waals surface area contributed by atoms with Crippen molar-refractivity contribution >= 4 is 39.8 Å². The molecule has 1 heterocycles. The van der Waals surface area contributed by atoms with Crippen LogP contribution in [0, 0.1) is 2.88 Å². The minimum absolute atomic E-state index is 0.0174. The van der Waals surface area contributed by atoms with Crippen LogP contribution in [0.2, 0.25) is 0 Å². The SMILES string of the molecule is COc1cc(CN(C)C(=O)c2csc(I)c2)ccc1O. The van der Waals surface area contributed by atoms with Crippen LogP contribution in [0.3, 0.4) is 0 Å². The van der Waals surface area contributed by atoms with E-state index in [0.29, 0.717) is 17.9 Å². The van der Waals surface area contributed by atoms with Gasteiger partial charge in [-0.1, -0.05) is 6.07 Å². The Morgan fingerprint density at radius 1 is 1.45 bits per heavy atom. The second-order valence-electron chi connectivity index (χ2n) is 4.31. The third-order valence-corrected chi connectivity index (χ3v) is 4.61. The monoisotopic (exact) mass is 403 g/mol. The van der Waals surface area contributed by atoms with Crippen molar-refractivity contribution in [1.29, 1.82) is 0 Å². The second-order valence-corrected chi connectivity index (χ2v) is 7.11. The Morgan fingerprint density at radius 3 is 2.80 bits per heavy atom. The first-order chi connectivity index (χ1) is 9.51. The van der Waals surface area contributed by atoms with E-state index in [-0.39, 0.29) is 11.7 Å². The molecule has 2 aromatic rings. The Balaban J connectivity index is 2.11. The van der Waals surface area contributed by atoms with Crippen LogP contribution in [0.1, 0.15) is 15.9 Å². The molecule has 1 N–H and O–H groups in total. The summed E-state index contributed by atoms with van der Waals surface area (Å²) in [5, 5.41) is 11.4. The van der Waals surface area contributed by atoms with E-state index in [2.05, 4.69) is 22.6 Å². The fourth-order valence-electron chi connectivity index (χ4n) is 1.81. The molecule has 0 fully saturated rings. The molecule has 2 rings (SSSR count). The van der Waals surface area contributed by atoms with Crippen molar-refractivity contribution in [1.82, 2.24) is 4.90 Å². The zero-order valence-corrected chi connectivity index (χ0v) is 14.1. The lowest BCUT2D eigenvalue weighted by molar-refractivity contribution is 0.0785.